The Kier molecular flexibility index (Phi) is 5.17. The molecular weight excluding hydrogens is 334 g/mol. The number of carbonyl (C=O) groups excluding carboxylic acids is 1. The van der Waals surface area contributed by atoms with Crippen LogP contribution < -0.4 is 9.47 Å². The zero-order valence-corrected chi connectivity index (χ0v) is 14.8. The predicted octanol–water partition coefficient (Wildman–Crippen LogP) is 3.03. The van der Waals surface area contributed by atoms with E-state index in [4.69, 9.17) is 13.9 Å². The van der Waals surface area contributed by atoms with Crippen molar-refractivity contribution < 1.29 is 18.7 Å². The van der Waals surface area contributed by atoms with E-state index in [9.17, 15) is 4.79 Å². The molecule has 0 N–H and O–H groups in total. The Morgan fingerprint density at radius 2 is 1.85 bits per heavy atom. The number of ether oxygens (including phenoxy) is 2. The third-order valence-electron chi connectivity index (χ3n) is 3.85. The van der Waals surface area contributed by atoms with Crippen molar-refractivity contribution in [2.75, 3.05) is 21.3 Å². The summed E-state index contributed by atoms with van der Waals surface area (Å²) >= 11 is 0. The van der Waals surface area contributed by atoms with Crippen LogP contribution in [0.5, 0.6) is 11.5 Å². The van der Waals surface area contributed by atoms with Gasteiger partial charge >= 0.3 is 0 Å². The molecule has 0 atom stereocenters. The van der Waals surface area contributed by atoms with Crippen LogP contribution in [-0.2, 0) is 6.54 Å². The normalized spacial score (nSPS) is 10.4. The monoisotopic (exact) mass is 353 g/mol. The molecule has 26 heavy (non-hydrogen) atoms. The Balaban J connectivity index is 1.75. The second kappa shape index (κ2) is 7.69. The van der Waals surface area contributed by atoms with Crippen molar-refractivity contribution in [2.45, 2.75) is 6.54 Å². The summed E-state index contributed by atoms with van der Waals surface area (Å²) < 4.78 is 16.1. The standard InChI is InChI=1S/C19H19N3O4/c1-22(19(23)15-10-9-14(24-2)11-16(15)25-3)12-17-20-21-18(26-17)13-7-5-4-6-8-13/h4-11H,12H2,1-3H3. The van der Waals surface area contributed by atoms with E-state index in [0.717, 1.165) is 5.56 Å². The van der Waals surface area contributed by atoms with Gasteiger partial charge in [-0.05, 0) is 24.3 Å². The van der Waals surface area contributed by atoms with E-state index < -0.39 is 0 Å². The Labute approximate surface area is 151 Å². The van der Waals surface area contributed by atoms with Gasteiger partial charge in [-0.3, -0.25) is 4.79 Å². The van der Waals surface area contributed by atoms with Crippen molar-refractivity contribution in [1.29, 1.82) is 0 Å². The summed E-state index contributed by atoms with van der Waals surface area (Å²) in [4.78, 5) is 14.2. The predicted molar refractivity (Wildman–Crippen MR) is 95.1 cm³/mol. The first-order chi connectivity index (χ1) is 12.6. The zero-order valence-electron chi connectivity index (χ0n) is 14.8. The van der Waals surface area contributed by atoms with Gasteiger partial charge in [0.2, 0.25) is 11.8 Å². The van der Waals surface area contributed by atoms with Crippen LogP contribution in [0.25, 0.3) is 11.5 Å². The second-order valence-corrected chi connectivity index (χ2v) is 5.59. The first-order valence-corrected chi connectivity index (χ1v) is 7.97. The van der Waals surface area contributed by atoms with Crippen molar-refractivity contribution >= 4 is 5.91 Å². The first-order valence-electron chi connectivity index (χ1n) is 7.97. The van der Waals surface area contributed by atoms with Gasteiger partial charge in [0.15, 0.2) is 0 Å². The molecule has 0 saturated carbocycles. The minimum Gasteiger partial charge on any atom is -0.497 e. The highest BCUT2D eigenvalue weighted by Gasteiger charge is 2.19. The number of carbonyl (C=O) groups is 1. The number of benzene rings is 2. The summed E-state index contributed by atoms with van der Waals surface area (Å²) in [5.74, 6) is 1.61. The van der Waals surface area contributed by atoms with E-state index in [0.29, 0.717) is 28.8 Å². The summed E-state index contributed by atoms with van der Waals surface area (Å²) in [5.41, 5.74) is 1.26. The molecule has 3 aromatic rings. The van der Waals surface area contributed by atoms with Gasteiger partial charge in [0.05, 0.1) is 26.3 Å². The molecule has 1 aromatic heterocycles. The molecule has 7 nitrogen and oxygen atoms in total. The van der Waals surface area contributed by atoms with E-state index in [2.05, 4.69) is 10.2 Å². The van der Waals surface area contributed by atoms with Crippen molar-refractivity contribution in [3.05, 3.63) is 60.0 Å². The van der Waals surface area contributed by atoms with Gasteiger partial charge in [0.25, 0.3) is 5.91 Å². The Hall–Kier alpha value is -3.35. The van der Waals surface area contributed by atoms with Crippen LogP contribution in [0.2, 0.25) is 0 Å². The number of amides is 1. The molecule has 0 fully saturated rings. The third kappa shape index (κ3) is 3.66. The average Bonchev–Trinajstić information content (AvgIpc) is 3.16. The van der Waals surface area contributed by atoms with Crippen molar-refractivity contribution in [2.24, 2.45) is 0 Å². The molecule has 0 aliphatic carbocycles. The highest BCUT2D eigenvalue weighted by Crippen LogP contribution is 2.26. The Morgan fingerprint density at radius 3 is 2.54 bits per heavy atom. The number of hydrogen-bond donors (Lipinski definition) is 0. The molecule has 1 heterocycles. The van der Waals surface area contributed by atoms with Crippen LogP contribution in [0.4, 0.5) is 0 Å². The van der Waals surface area contributed by atoms with Gasteiger partial charge in [-0.2, -0.15) is 0 Å². The molecule has 0 bridgehead atoms. The average molecular weight is 353 g/mol. The van der Waals surface area contributed by atoms with Gasteiger partial charge < -0.3 is 18.8 Å². The Bertz CT molecular complexity index is 893. The van der Waals surface area contributed by atoms with E-state index >= 15 is 0 Å². The maximum absolute atomic E-state index is 12.7. The van der Waals surface area contributed by atoms with Gasteiger partial charge in [-0.25, -0.2) is 0 Å². The van der Waals surface area contributed by atoms with Gasteiger partial charge in [-0.15, -0.1) is 10.2 Å². The third-order valence-corrected chi connectivity index (χ3v) is 3.85. The minimum atomic E-state index is -0.219. The van der Waals surface area contributed by atoms with Crippen LogP contribution in [0.1, 0.15) is 16.2 Å². The van der Waals surface area contributed by atoms with Crippen LogP contribution in [0, 0.1) is 0 Å². The molecule has 1 amide bonds. The lowest BCUT2D eigenvalue weighted by Crippen LogP contribution is -2.26. The second-order valence-electron chi connectivity index (χ2n) is 5.59. The van der Waals surface area contributed by atoms with E-state index in [1.807, 2.05) is 30.3 Å². The Morgan fingerprint density at radius 1 is 1.08 bits per heavy atom. The van der Waals surface area contributed by atoms with E-state index in [-0.39, 0.29) is 12.5 Å². The fourth-order valence-electron chi connectivity index (χ4n) is 2.47. The van der Waals surface area contributed by atoms with Crippen LogP contribution in [0.3, 0.4) is 0 Å². The lowest BCUT2D eigenvalue weighted by Gasteiger charge is -2.17. The van der Waals surface area contributed by atoms with Gasteiger partial charge in [-0.1, -0.05) is 18.2 Å². The van der Waals surface area contributed by atoms with Crippen LogP contribution >= 0.6 is 0 Å². The number of hydrogen-bond acceptors (Lipinski definition) is 6. The zero-order chi connectivity index (χ0) is 18.5. The largest absolute Gasteiger partial charge is 0.497 e. The summed E-state index contributed by atoms with van der Waals surface area (Å²) in [7, 11) is 4.73. The molecular formula is C19H19N3O4. The summed E-state index contributed by atoms with van der Waals surface area (Å²) in [6.07, 6.45) is 0. The summed E-state index contributed by atoms with van der Waals surface area (Å²) in [5, 5.41) is 8.05. The lowest BCUT2D eigenvalue weighted by atomic mass is 10.1. The molecule has 0 aliphatic rings. The molecule has 0 spiro atoms. The van der Waals surface area contributed by atoms with Gasteiger partial charge in [0.1, 0.15) is 11.5 Å². The highest BCUT2D eigenvalue weighted by atomic mass is 16.5. The molecule has 0 saturated heterocycles. The van der Waals surface area contributed by atoms with Crippen LogP contribution in [0.15, 0.2) is 52.9 Å². The molecule has 134 valence electrons. The SMILES string of the molecule is COc1ccc(C(=O)N(C)Cc2nnc(-c3ccccc3)o2)c(OC)c1. The highest BCUT2D eigenvalue weighted by molar-refractivity contribution is 5.97. The van der Waals surface area contributed by atoms with Crippen molar-refractivity contribution in [3.63, 3.8) is 0 Å². The summed E-state index contributed by atoms with van der Waals surface area (Å²) in [6.45, 7) is 0.188. The molecule has 0 unspecified atom stereocenters. The minimum absolute atomic E-state index is 0.188. The number of aromatic nitrogens is 2. The fraction of sp³-hybridized carbons (Fsp3) is 0.211. The van der Waals surface area contributed by atoms with E-state index in [1.54, 1.807) is 32.4 Å². The van der Waals surface area contributed by atoms with Crippen LogP contribution in [-0.4, -0.2) is 42.3 Å². The first kappa shape index (κ1) is 17.5. The quantitative estimate of drug-likeness (QED) is 0.678. The summed E-state index contributed by atoms with van der Waals surface area (Å²) in [6, 6.07) is 14.5. The molecule has 3 rings (SSSR count). The van der Waals surface area contributed by atoms with Crippen molar-refractivity contribution in [3.8, 4) is 23.0 Å². The lowest BCUT2D eigenvalue weighted by molar-refractivity contribution is 0.0769. The number of methoxy groups -OCH3 is 2. The number of nitrogens with zero attached hydrogens (tertiary/aromatic N) is 3. The number of rotatable bonds is 6. The van der Waals surface area contributed by atoms with E-state index in [1.165, 1.54) is 12.0 Å². The molecule has 2 aromatic carbocycles. The smallest absolute Gasteiger partial charge is 0.257 e. The van der Waals surface area contributed by atoms with Gasteiger partial charge in [0, 0.05) is 18.7 Å². The fourth-order valence-corrected chi connectivity index (χ4v) is 2.47. The maximum atomic E-state index is 12.7. The topological polar surface area (TPSA) is 77.7 Å². The molecule has 7 heteroatoms. The molecule has 0 aliphatic heterocycles. The maximum Gasteiger partial charge on any atom is 0.257 e. The molecule has 0 radical (unpaired) electrons. The van der Waals surface area contributed by atoms with Crippen molar-refractivity contribution in [1.82, 2.24) is 15.1 Å².